The molecule has 1 heterocycles. The molecule has 1 aromatic carbocycles. The Morgan fingerprint density at radius 1 is 1.38 bits per heavy atom. The summed E-state index contributed by atoms with van der Waals surface area (Å²) in [6, 6.07) is 7.87. The van der Waals surface area contributed by atoms with Gasteiger partial charge in [0, 0.05) is 4.47 Å². The predicted octanol–water partition coefficient (Wildman–Crippen LogP) is 3.90. The van der Waals surface area contributed by atoms with Crippen LogP contribution in [-0.4, -0.2) is 5.91 Å². The highest BCUT2D eigenvalue weighted by Gasteiger charge is 2.10. The van der Waals surface area contributed by atoms with Gasteiger partial charge in [-0.25, -0.2) is 4.39 Å². The van der Waals surface area contributed by atoms with E-state index in [-0.39, 0.29) is 11.6 Å². The minimum Gasteiger partial charge on any atom is -0.319 e. The van der Waals surface area contributed by atoms with E-state index in [1.165, 1.54) is 23.5 Å². The Morgan fingerprint density at radius 3 is 2.88 bits per heavy atom. The maximum absolute atomic E-state index is 13.3. The topological polar surface area (TPSA) is 29.1 Å². The number of carbonyl (C=O) groups is 1. The van der Waals surface area contributed by atoms with Crippen LogP contribution >= 0.6 is 27.3 Å². The van der Waals surface area contributed by atoms with Crippen molar-refractivity contribution in [3.05, 3.63) is 50.9 Å². The van der Waals surface area contributed by atoms with Gasteiger partial charge in [-0.2, -0.15) is 0 Å². The van der Waals surface area contributed by atoms with Crippen LogP contribution in [-0.2, 0) is 0 Å². The normalized spacial score (nSPS) is 10.1. The minimum atomic E-state index is -0.451. The Bertz CT molecular complexity index is 513. The fourth-order valence-electron chi connectivity index (χ4n) is 1.18. The second-order valence-corrected chi connectivity index (χ2v) is 4.92. The Hall–Kier alpha value is -1.20. The lowest BCUT2D eigenvalue weighted by molar-refractivity contribution is 0.103. The lowest BCUT2D eigenvalue weighted by Crippen LogP contribution is -2.11. The third-order valence-corrected chi connectivity index (χ3v) is 3.28. The second kappa shape index (κ2) is 4.76. The highest BCUT2D eigenvalue weighted by Crippen LogP contribution is 2.21. The molecule has 0 saturated carbocycles. The number of rotatable bonds is 2. The first-order chi connectivity index (χ1) is 7.66. The van der Waals surface area contributed by atoms with E-state index >= 15 is 0 Å². The molecule has 0 aliphatic carbocycles. The molecule has 0 fully saturated rings. The number of amides is 1. The van der Waals surface area contributed by atoms with Crippen molar-refractivity contribution in [1.82, 2.24) is 0 Å². The van der Waals surface area contributed by atoms with Crippen LogP contribution in [0, 0.1) is 5.82 Å². The summed E-state index contributed by atoms with van der Waals surface area (Å²) in [5.41, 5.74) is 0.174. The van der Waals surface area contributed by atoms with Gasteiger partial charge in [-0.3, -0.25) is 4.79 Å². The van der Waals surface area contributed by atoms with Gasteiger partial charge < -0.3 is 5.32 Å². The van der Waals surface area contributed by atoms with Crippen molar-refractivity contribution in [3.8, 4) is 0 Å². The zero-order valence-electron chi connectivity index (χ0n) is 8.04. The minimum absolute atomic E-state index is 0.174. The summed E-state index contributed by atoms with van der Waals surface area (Å²) < 4.78 is 14.1. The number of hydrogen-bond acceptors (Lipinski definition) is 2. The molecule has 16 heavy (non-hydrogen) atoms. The Kier molecular flexibility index (Phi) is 3.36. The molecule has 0 aliphatic rings. The average Bonchev–Trinajstić information content (AvgIpc) is 2.76. The third-order valence-electron chi connectivity index (χ3n) is 1.92. The van der Waals surface area contributed by atoms with Crippen molar-refractivity contribution in [3.63, 3.8) is 0 Å². The SMILES string of the molecule is O=C(Nc1cc(Br)ccc1F)c1cccs1. The molecule has 2 aromatic rings. The van der Waals surface area contributed by atoms with Crippen molar-refractivity contribution >= 4 is 38.9 Å². The molecule has 2 nitrogen and oxygen atoms in total. The van der Waals surface area contributed by atoms with Crippen molar-refractivity contribution in [2.75, 3.05) is 5.32 Å². The summed E-state index contributed by atoms with van der Waals surface area (Å²) in [7, 11) is 0. The summed E-state index contributed by atoms with van der Waals surface area (Å²) >= 11 is 4.53. The van der Waals surface area contributed by atoms with E-state index in [1.807, 2.05) is 0 Å². The van der Waals surface area contributed by atoms with Crippen LogP contribution in [0.15, 0.2) is 40.2 Å². The van der Waals surface area contributed by atoms with E-state index < -0.39 is 5.82 Å². The molecule has 1 amide bonds. The maximum Gasteiger partial charge on any atom is 0.265 e. The number of halogens is 2. The van der Waals surface area contributed by atoms with Crippen LogP contribution in [0.4, 0.5) is 10.1 Å². The summed E-state index contributed by atoms with van der Waals surface area (Å²) in [6.45, 7) is 0. The number of thiophene rings is 1. The largest absolute Gasteiger partial charge is 0.319 e. The molecule has 0 atom stereocenters. The standard InChI is InChI=1S/C11H7BrFNOS/c12-7-3-4-8(13)9(6-7)14-11(15)10-2-1-5-16-10/h1-6H,(H,14,15). The Labute approximate surface area is 104 Å². The monoisotopic (exact) mass is 299 g/mol. The molecule has 0 saturated heterocycles. The molecular formula is C11H7BrFNOS. The Balaban J connectivity index is 2.21. The zero-order valence-corrected chi connectivity index (χ0v) is 10.4. The van der Waals surface area contributed by atoms with E-state index in [2.05, 4.69) is 21.2 Å². The van der Waals surface area contributed by atoms with Gasteiger partial charge in [-0.15, -0.1) is 11.3 Å². The quantitative estimate of drug-likeness (QED) is 0.895. The second-order valence-electron chi connectivity index (χ2n) is 3.06. The van der Waals surface area contributed by atoms with Crippen LogP contribution in [0.2, 0.25) is 0 Å². The van der Waals surface area contributed by atoms with E-state index in [0.717, 1.165) is 4.47 Å². The van der Waals surface area contributed by atoms with Crippen LogP contribution < -0.4 is 5.32 Å². The van der Waals surface area contributed by atoms with E-state index in [1.54, 1.807) is 23.6 Å². The van der Waals surface area contributed by atoms with E-state index in [4.69, 9.17) is 0 Å². The fourth-order valence-corrected chi connectivity index (χ4v) is 2.16. The molecular weight excluding hydrogens is 293 g/mol. The highest BCUT2D eigenvalue weighted by atomic mass is 79.9. The molecule has 0 bridgehead atoms. The third kappa shape index (κ3) is 2.48. The fraction of sp³-hybridized carbons (Fsp3) is 0. The number of carbonyl (C=O) groups excluding carboxylic acids is 1. The van der Waals surface area contributed by atoms with Crippen LogP contribution in [0.3, 0.4) is 0 Å². The Morgan fingerprint density at radius 2 is 2.19 bits per heavy atom. The molecule has 82 valence electrons. The van der Waals surface area contributed by atoms with Gasteiger partial charge in [-0.1, -0.05) is 22.0 Å². The van der Waals surface area contributed by atoms with Crippen molar-refractivity contribution in [2.24, 2.45) is 0 Å². The van der Waals surface area contributed by atoms with Gasteiger partial charge in [0.1, 0.15) is 5.82 Å². The lowest BCUT2D eigenvalue weighted by atomic mass is 10.3. The lowest BCUT2D eigenvalue weighted by Gasteiger charge is -2.05. The van der Waals surface area contributed by atoms with Crippen LogP contribution in [0.25, 0.3) is 0 Å². The summed E-state index contributed by atoms with van der Waals surface area (Å²) in [5.74, 6) is -0.750. The maximum atomic E-state index is 13.3. The molecule has 1 aromatic heterocycles. The number of hydrogen-bond donors (Lipinski definition) is 1. The number of benzene rings is 1. The van der Waals surface area contributed by atoms with Crippen molar-refractivity contribution in [2.45, 2.75) is 0 Å². The van der Waals surface area contributed by atoms with Crippen molar-refractivity contribution < 1.29 is 9.18 Å². The first-order valence-corrected chi connectivity index (χ1v) is 6.14. The van der Waals surface area contributed by atoms with Gasteiger partial charge in [0.25, 0.3) is 5.91 Å². The predicted molar refractivity (Wildman–Crippen MR) is 66.4 cm³/mol. The molecule has 5 heteroatoms. The zero-order chi connectivity index (χ0) is 11.5. The first kappa shape index (κ1) is 11.3. The van der Waals surface area contributed by atoms with E-state index in [9.17, 15) is 9.18 Å². The number of nitrogens with one attached hydrogen (secondary N) is 1. The van der Waals surface area contributed by atoms with Gasteiger partial charge in [0.15, 0.2) is 0 Å². The summed E-state index contributed by atoms with van der Waals surface area (Å²) in [6.07, 6.45) is 0. The highest BCUT2D eigenvalue weighted by molar-refractivity contribution is 9.10. The molecule has 1 N–H and O–H groups in total. The average molecular weight is 300 g/mol. The molecule has 0 spiro atoms. The van der Waals surface area contributed by atoms with Gasteiger partial charge >= 0.3 is 0 Å². The van der Waals surface area contributed by atoms with Gasteiger partial charge in [-0.05, 0) is 29.6 Å². The number of anilines is 1. The summed E-state index contributed by atoms with van der Waals surface area (Å²) in [4.78, 5) is 12.2. The van der Waals surface area contributed by atoms with Crippen molar-refractivity contribution in [1.29, 1.82) is 0 Å². The first-order valence-electron chi connectivity index (χ1n) is 4.47. The molecule has 2 rings (SSSR count). The van der Waals surface area contributed by atoms with Gasteiger partial charge in [0.05, 0.1) is 10.6 Å². The molecule has 0 radical (unpaired) electrons. The smallest absolute Gasteiger partial charge is 0.265 e. The molecule has 0 unspecified atom stereocenters. The molecule has 0 aliphatic heterocycles. The van der Waals surface area contributed by atoms with Gasteiger partial charge in [0.2, 0.25) is 0 Å². The van der Waals surface area contributed by atoms with Crippen LogP contribution in [0.5, 0.6) is 0 Å². The summed E-state index contributed by atoms with van der Waals surface area (Å²) in [5, 5.41) is 4.32. The van der Waals surface area contributed by atoms with E-state index in [0.29, 0.717) is 4.88 Å². The van der Waals surface area contributed by atoms with Crippen LogP contribution in [0.1, 0.15) is 9.67 Å².